The SMILES string of the molecule is Cc1ccc(-n2nccn2)c(C(=O)NCCC=NO)c1. The monoisotopic (exact) mass is 273 g/mol. The Hall–Kier alpha value is -2.70. The Labute approximate surface area is 115 Å². The lowest BCUT2D eigenvalue weighted by atomic mass is 10.1. The second-order valence-electron chi connectivity index (χ2n) is 4.18. The first-order chi connectivity index (χ1) is 9.72. The van der Waals surface area contributed by atoms with E-state index in [4.69, 9.17) is 5.21 Å². The molecule has 1 aromatic heterocycles. The number of nitrogens with zero attached hydrogens (tertiary/aromatic N) is 4. The molecule has 2 aromatic rings. The number of aromatic nitrogens is 3. The van der Waals surface area contributed by atoms with Crippen LogP contribution in [0.4, 0.5) is 0 Å². The van der Waals surface area contributed by atoms with Crippen LogP contribution in [0.1, 0.15) is 22.3 Å². The first kappa shape index (κ1) is 13.7. The predicted molar refractivity (Wildman–Crippen MR) is 73.3 cm³/mol. The molecule has 0 aliphatic rings. The summed E-state index contributed by atoms with van der Waals surface area (Å²) in [4.78, 5) is 13.6. The summed E-state index contributed by atoms with van der Waals surface area (Å²) in [5.41, 5.74) is 2.10. The zero-order chi connectivity index (χ0) is 14.4. The molecular formula is C13H15N5O2. The molecule has 0 unspecified atom stereocenters. The van der Waals surface area contributed by atoms with Crippen molar-refractivity contribution in [3.63, 3.8) is 0 Å². The van der Waals surface area contributed by atoms with Crippen molar-refractivity contribution in [3.8, 4) is 5.69 Å². The molecule has 2 N–H and O–H groups in total. The Morgan fingerprint density at radius 3 is 2.90 bits per heavy atom. The number of oxime groups is 1. The highest BCUT2D eigenvalue weighted by Gasteiger charge is 2.13. The molecule has 0 fully saturated rings. The highest BCUT2D eigenvalue weighted by molar-refractivity contribution is 5.98. The molecule has 0 aliphatic carbocycles. The molecule has 0 saturated heterocycles. The first-order valence-electron chi connectivity index (χ1n) is 6.14. The fraction of sp³-hybridized carbons (Fsp3) is 0.231. The summed E-state index contributed by atoms with van der Waals surface area (Å²) in [6.45, 7) is 2.30. The lowest BCUT2D eigenvalue weighted by molar-refractivity contribution is 0.0954. The minimum Gasteiger partial charge on any atom is -0.411 e. The molecule has 0 spiro atoms. The average Bonchev–Trinajstić information content (AvgIpc) is 2.97. The van der Waals surface area contributed by atoms with Crippen LogP contribution in [0.5, 0.6) is 0 Å². The van der Waals surface area contributed by atoms with Gasteiger partial charge >= 0.3 is 0 Å². The van der Waals surface area contributed by atoms with Crippen molar-refractivity contribution in [2.24, 2.45) is 5.16 Å². The lowest BCUT2D eigenvalue weighted by Gasteiger charge is -2.09. The van der Waals surface area contributed by atoms with Crippen LogP contribution in [-0.2, 0) is 0 Å². The number of rotatable bonds is 5. The number of amides is 1. The zero-order valence-corrected chi connectivity index (χ0v) is 11.0. The Morgan fingerprint density at radius 2 is 2.20 bits per heavy atom. The number of benzene rings is 1. The van der Waals surface area contributed by atoms with Gasteiger partial charge in [-0.15, -0.1) is 5.16 Å². The predicted octanol–water partition coefficient (Wildman–Crippen LogP) is 1.16. The summed E-state index contributed by atoms with van der Waals surface area (Å²) in [5, 5.41) is 22.0. The molecule has 1 heterocycles. The van der Waals surface area contributed by atoms with Gasteiger partial charge in [0.2, 0.25) is 0 Å². The van der Waals surface area contributed by atoms with Crippen molar-refractivity contribution < 1.29 is 10.0 Å². The third kappa shape index (κ3) is 3.19. The van der Waals surface area contributed by atoms with Crippen molar-refractivity contribution in [3.05, 3.63) is 41.7 Å². The number of hydrogen-bond acceptors (Lipinski definition) is 5. The second-order valence-corrected chi connectivity index (χ2v) is 4.18. The summed E-state index contributed by atoms with van der Waals surface area (Å²) in [7, 11) is 0. The number of aryl methyl sites for hydroxylation is 1. The Morgan fingerprint density at radius 1 is 1.45 bits per heavy atom. The van der Waals surface area contributed by atoms with Gasteiger partial charge in [0, 0.05) is 19.2 Å². The van der Waals surface area contributed by atoms with E-state index in [9.17, 15) is 4.79 Å². The third-order valence-electron chi connectivity index (χ3n) is 2.67. The van der Waals surface area contributed by atoms with E-state index in [-0.39, 0.29) is 5.91 Å². The van der Waals surface area contributed by atoms with Crippen LogP contribution in [0.3, 0.4) is 0 Å². The van der Waals surface area contributed by atoms with Gasteiger partial charge in [0.1, 0.15) is 0 Å². The van der Waals surface area contributed by atoms with E-state index in [1.165, 1.54) is 11.0 Å². The molecule has 0 atom stereocenters. The van der Waals surface area contributed by atoms with E-state index < -0.39 is 0 Å². The normalized spacial score (nSPS) is 10.8. The minimum absolute atomic E-state index is 0.215. The smallest absolute Gasteiger partial charge is 0.253 e. The van der Waals surface area contributed by atoms with Gasteiger partial charge in [-0.25, -0.2) is 0 Å². The van der Waals surface area contributed by atoms with Crippen molar-refractivity contribution in [1.29, 1.82) is 0 Å². The summed E-state index contributed by atoms with van der Waals surface area (Å²) in [5.74, 6) is -0.215. The molecular weight excluding hydrogens is 258 g/mol. The number of carbonyl (C=O) groups excluding carboxylic acids is 1. The van der Waals surface area contributed by atoms with E-state index in [0.29, 0.717) is 24.2 Å². The highest BCUT2D eigenvalue weighted by atomic mass is 16.4. The molecule has 7 heteroatoms. The molecule has 0 aliphatic heterocycles. The third-order valence-corrected chi connectivity index (χ3v) is 2.67. The average molecular weight is 273 g/mol. The van der Waals surface area contributed by atoms with E-state index >= 15 is 0 Å². The van der Waals surface area contributed by atoms with Gasteiger partial charge in [0.05, 0.1) is 23.6 Å². The molecule has 0 saturated carbocycles. The van der Waals surface area contributed by atoms with Gasteiger partial charge in [-0.2, -0.15) is 15.0 Å². The van der Waals surface area contributed by atoms with Crippen molar-refractivity contribution in [2.45, 2.75) is 13.3 Å². The number of hydrogen-bond donors (Lipinski definition) is 2. The van der Waals surface area contributed by atoms with Gasteiger partial charge < -0.3 is 10.5 Å². The topological polar surface area (TPSA) is 92.4 Å². The van der Waals surface area contributed by atoms with Crippen LogP contribution in [-0.4, -0.2) is 38.9 Å². The van der Waals surface area contributed by atoms with E-state index in [1.54, 1.807) is 24.5 Å². The van der Waals surface area contributed by atoms with Gasteiger partial charge in [-0.05, 0) is 19.1 Å². The Kier molecular flexibility index (Phi) is 4.43. The largest absolute Gasteiger partial charge is 0.411 e. The Balaban J connectivity index is 2.21. The summed E-state index contributed by atoms with van der Waals surface area (Å²) in [6.07, 6.45) is 4.90. The first-order valence-corrected chi connectivity index (χ1v) is 6.14. The Bertz CT molecular complexity index is 607. The summed E-state index contributed by atoms with van der Waals surface area (Å²) in [6, 6.07) is 5.49. The van der Waals surface area contributed by atoms with Crippen LogP contribution in [0.15, 0.2) is 35.7 Å². The van der Waals surface area contributed by atoms with Gasteiger partial charge in [0.15, 0.2) is 0 Å². The van der Waals surface area contributed by atoms with E-state index in [2.05, 4.69) is 20.7 Å². The standard InChI is InChI=1S/C13H15N5O2/c1-10-3-4-12(18-15-7-8-16-18)11(9-10)13(19)14-5-2-6-17-20/h3-4,6-9,20H,2,5H2,1H3,(H,14,19). The fourth-order valence-corrected chi connectivity index (χ4v) is 1.75. The lowest BCUT2D eigenvalue weighted by Crippen LogP contribution is -2.26. The van der Waals surface area contributed by atoms with E-state index in [1.807, 2.05) is 13.0 Å². The molecule has 7 nitrogen and oxygen atoms in total. The maximum absolute atomic E-state index is 12.2. The maximum Gasteiger partial charge on any atom is 0.253 e. The highest BCUT2D eigenvalue weighted by Crippen LogP contribution is 2.14. The van der Waals surface area contributed by atoms with Crippen LogP contribution in [0.2, 0.25) is 0 Å². The number of carbonyl (C=O) groups is 1. The van der Waals surface area contributed by atoms with E-state index in [0.717, 1.165) is 5.56 Å². The minimum atomic E-state index is -0.215. The molecule has 0 bridgehead atoms. The van der Waals surface area contributed by atoms with Crippen molar-refractivity contribution >= 4 is 12.1 Å². The van der Waals surface area contributed by atoms with Crippen LogP contribution >= 0.6 is 0 Å². The van der Waals surface area contributed by atoms with Crippen LogP contribution in [0.25, 0.3) is 5.69 Å². The van der Waals surface area contributed by atoms with Gasteiger partial charge in [-0.3, -0.25) is 4.79 Å². The zero-order valence-electron chi connectivity index (χ0n) is 11.0. The molecule has 0 radical (unpaired) electrons. The van der Waals surface area contributed by atoms with Crippen LogP contribution in [0, 0.1) is 6.92 Å². The van der Waals surface area contributed by atoms with Gasteiger partial charge in [0.25, 0.3) is 5.91 Å². The quantitative estimate of drug-likeness (QED) is 0.370. The van der Waals surface area contributed by atoms with Gasteiger partial charge in [-0.1, -0.05) is 11.6 Å². The molecule has 20 heavy (non-hydrogen) atoms. The molecule has 2 rings (SSSR count). The molecule has 1 amide bonds. The second kappa shape index (κ2) is 6.46. The summed E-state index contributed by atoms with van der Waals surface area (Å²) >= 11 is 0. The molecule has 104 valence electrons. The maximum atomic E-state index is 12.2. The fourth-order valence-electron chi connectivity index (χ4n) is 1.75. The van der Waals surface area contributed by atoms with Crippen LogP contribution < -0.4 is 5.32 Å². The van der Waals surface area contributed by atoms with Crippen molar-refractivity contribution in [2.75, 3.05) is 6.54 Å². The number of nitrogens with one attached hydrogen (secondary N) is 1. The molecule has 1 aromatic carbocycles. The summed E-state index contributed by atoms with van der Waals surface area (Å²) < 4.78 is 0. The van der Waals surface area contributed by atoms with Crippen molar-refractivity contribution in [1.82, 2.24) is 20.3 Å².